The Balaban J connectivity index is 2.05. The smallest absolute Gasteiger partial charge is 0.303 e. The SMILES string of the molecule is CC1NNC(C(=O)NC(CCC(=O)O)Cc2ccccc2)C1[N+](=O)[O-]. The van der Waals surface area contributed by atoms with E-state index in [0.717, 1.165) is 5.56 Å². The number of benzene rings is 1. The Kier molecular flexibility index (Phi) is 6.43. The maximum Gasteiger partial charge on any atom is 0.303 e. The number of nitrogens with zero attached hydrogens (tertiary/aromatic N) is 1. The normalized spacial score (nSPS) is 23.8. The zero-order valence-electron chi connectivity index (χ0n) is 13.8. The van der Waals surface area contributed by atoms with Gasteiger partial charge in [0.15, 0.2) is 6.04 Å². The highest BCUT2D eigenvalue weighted by atomic mass is 16.6. The Morgan fingerprint density at radius 1 is 1.32 bits per heavy atom. The number of carbonyl (C=O) groups excluding carboxylic acids is 1. The van der Waals surface area contributed by atoms with Crippen molar-refractivity contribution in [2.75, 3.05) is 0 Å². The molecule has 1 fully saturated rings. The second kappa shape index (κ2) is 8.54. The van der Waals surface area contributed by atoms with Crippen LogP contribution in [0.15, 0.2) is 30.3 Å². The predicted octanol–water partition coefficient (Wildman–Crippen LogP) is 0.0889. The third-order valence-corrected chi connectivity index (χ3v) is 4.22. The fourth-order valence-electron chi connectivity index (χ4n) is 2.92. The summed E-state index contributed by atoms with van der Waals surface area (Å²) in [5.74, 6) is -1.46. The number of carboxylic acid groups (broad SMARTS) is 1. The van der Waals surface area contributed by atoms with Gasteiger partial charge in [-0.1, -0.05) is 30.3 Å². The Morgan fingerprint density at radius 2 is 2.00 bits per heavy atom. The minimum Gasteiger partial charge on any atom is -0.481 e. The molecule has 136 valence electrons. The van der Waals surface area contributed by atoms with E-state index in [1.807, 2.05) is 30.3 Å². The molecule has 1 heterocycles. The number of amides is 1. The van der Waals surface area contributed by atoms with E-state index in [4.69, 9.17) is 5.11 Å². The highest BCUT2D eigenvalue weighted by Crippen LogP contribution is 2.13. The van der Waals surface area contributed by atoms with Gasteiger partial charge in [0.05, 0.1) is 6.04 Å². The van der Waals surface area contributed by atoms with Gasteiger partial charge >= 0.3 is 5.97 Å². The lowest BCUT2D eigenvalue weighted by atomic mass is 10.00. The third kappa shape index (κ3) is 5.23. The van der Waals surface area contributed by atoms with Crippen molar-refractivity contribution in [1.82, 2.24) is 16.2 Å². The molecule has 4 atom stereocenters. The Morgan fingerprint density at radius 3 is 2.60 bits per heavy atom. The summed E-state index contributed by atoms with van der Waals surface area (Å²) in [6.07, 6.45) is 0.608. The molecule has 9 nitrogen and oxygen atoms in total. The Hall–Kier alpha value is -2.52. The molecular weight excluding hydrogens is 328 g/mol. The van der Waals surface area contributed by atoms with Crippen molar-refractivity contribution in [3.8, 4) is 0 Å². The van der Waals surface area contributed by atoms with Crippen LogP contribution >= 0.6 is 0 Å². The molecule has 9 heteroatoms. The van der Waals surface area contributed by atoms with Gasteiger partial charge in [-0.3, -0.25) is 19.7 Å². The number of nitro groups is 1. The molecule has 0 spiro atoms. The minimum absolute atomic E-state index is 0.0941. The molecule has 0 radical (unpaired) electrons. The summed E-state index contributed by atoms with van der Waals surface area (Å²) in [4.78, 5) is 34.0. The standard InChI is InChI=1S/C16H22N4O5/c1-10-15(20(24)25)14(19-18-10)16(23)17-12(7-8-13(21)22)9-11-5-3-2-4-6-11/h2-6,10,12,14-15,18-19H,7-9H2,1H3,(H,17,23)(H,21,22). The van der Waals surface area contributed by atoms with Crippen LogP contribution in [-0.2, 0) is 16.0 Å². The molecule has 0 bridgehead atoms. The van der Waals surface area contributed by atoms with Crippen LogP contribution in [0.3, 0.4) is 0 Å². The monoisotopic (exact) mass is 350 g/mol. The van der Waals surface area contributed by atoms with Gasteiger partial charge in [0.1, 0.15) is 0 Å². The first-order chi connectivity index (χ1) is 11.9. The molecule has 1 aliphatic rings. The largest absolute Gasteiger partial charge is 0.481 e. The van der Waals surface area contributed by atoms with Gasteiger partial charge in [-0.25, -0.2) is 10.9 Å². The summed E-state index contributed by atoms with van der Waals surface area (Å²) < 4.78 is 0. The minimum atomic E-state index is -1.09. The molecular formula is C16H22N4O5. The maximum atomic E-state index is 12.5. The highest BCUT2D eigenvalue weighted by molar-refractivity contribution is 5.83. The molecule has 1 amide bonds. The number of rotatable bonds is 8. The number of nitrogens with one attached hydrogen (secondary N) is 3. The summed E-state index contributed by atoms with van der Waals surface area (Å²) in [5, 5.41) is 22.8. The van der Waals surface area contributed by atoms with Gasteiger partial charge in [0, 0.05) is 17.4 Å². The lowest BCUT2D eigenvalue weighted by Gasteiger charge is -2.21. The zero-order chi connectivity index (χ0) is 18.4. The fraction of sp³-hybridized carbons (Fsp3) is 0.500. The van der Waals surface area contributed by atoms with Crippen LogP contribution in [0.2, 0.25) is 0 Å². The first-order valence-corrected chi connectivity index (χ1v) is 8.09. The fourth-order valence-corrected chi connectivity index (χ4v) is 2.92. The average molecular weight is 350 g/mol. The molecule has 4 unspecified atom stereocenters. The van der Waals surface area contributed by atoms with Crippen LogP contribution in [0.25, 0.3) is 0 Å². The lowest BCUT2D eigenvalue weighted by Crippen LogP contribution is -2.52. The van der Waals surface area contributed by atoms with E-state index in [9.17, 15) is 19.7 Å². The molecule has 2 rings (SSSR count). The van der Waals surface area contributed by atoms with Gasteiger partial charge in [0.25, 0.3) is 6.04 Å². The molecule has 25 heavy (non-hydrogen) atoms. The second-order valence-corrected chi connectivity index (χ2v) is 6.16. The topological polar surface area (TPSA) is 134 Å². The summed E-state index contributed by atoms with van der Waals surface area (Å²) >= 11 is 0. The van der Waals surface area contributed by atoms with Crippen LogP contribution < -0.4 is 16.2 Å². The van der Waals surface area contributed by atoms with Crippen LogP contribution in [0.1, 0.15) is 25.3 Å². The molecule has 1 saturated heterocycles. The van der Waals surface area contributed by atoms with Gasteiger partial charge in [0.2, 0.25) is 5.91 Å². The quantitative estimate of drug-likeness (QED) is 0.385. The van der Waals surface area contributed by atoms with E-state index in [1.165, 1.54) is 0 Å². The number of hydrogen-bond acceptors (Lipinski definition) is 6. The van der Waals surface area contributed by atoms with Crippen molar-refractivity contribution >= 4 is 11.9 Å². The third-order valence-electron chi connectivity index (χ3n) is 4.22. The number of aliphatic carboxylic acids is 1. The summed E-state index contributed by atoms with van der Waals surface area (Å²) in [6.45, 7) is 1.62. The number of carbonyl (C=O) groups is 2. The van der Waals surface area contributed by atoms with E-state index < -0.39 is 41.0 Å². The predicted molar refractivity (Wildman–Crippen MR) is 89.3 cm³/mol. The molecule has 4 N–H and O–H groups in total. The van der Waals surface area contributed by atoms with Crippen molar-refractivity contribution in [3.05, 3.63) is 46.0 Å². The van der Waals surface area contributed by atoms with Crippen molar-refractivity contribution in [2.24, 2.45) is 0 Å². The van der Waals surface area contributed by atoms with Crippen molar-refractivity contribution in [2.45, 2.75) is 50.4 Å². The second-order valence-electron chi connectivity index (χ2n) is 6.16. The highest BCUT2D eigenvalue weighted by Gasteiger charge is 2.46. The average Bonchev–Trinajstić information content (AvgIpc) is 2.95. The van der Waals surface area contributed by atoms with E-state index in [-0.39, 0.29) is 12.8 Å². The Bertz CT molecular complexity index is 624. The Labute approximate surface area is 144 Å². The van der Waals surface area contributed by atoms with Crippen molar-refractivity contribution in [1.29, 1.82) is 0 Å². The van der Waals surface area contributed by atoms with Crippen LogP contribution in [0.5, 0.6) is 0 Å². The molecule has 1 aromatic carbocycles. The van der Waals surface area contributed by atoms with Gasteiger partial charge in [-0.05, 0) is 25.3 Å². The van der Waals surface area contributed by atoms with Crippen LogP contribution in [0, 0.1) is 10.1 Å². The summed E-state index contributed by atoms with van der Waals surface area (Å²) in [6, 6.07) is 6.36. The zero-order valence-corrected chi connectivity index (χ0v) is 13.8. The number of hydrazine groups is 1. The number of hydrogen-bond donors (Lipinski definition) is 4. The van der Waals surface area contributed by atoms with Crippen molar-refractivity contribution in [3.63, 3.8) is 0 Å². The molecule has 0 aromatic heterocycles. The first kappa shape index (κ1) is 18.8. The molecule has 0 aliphatic carbocycles. The summed E-state index contributed by atoms with van der Waals surface area (Å²) in [7, 11) is 0. The summed E-state index contributed by atoms with van der Waals surface area (Å²) in [5.41, 5.74) is 6.31. The first-order valence-electron chi connectivity index (χ1n) is 8.09. The van der Waals surface area contributed by atoms with Crippen LogP contribution in [0.4, 0.5) is 0 Å². The maximum absolute atomic E-state index is 12.5. The van der Waals surface area contributed by atoms with E-state index in [1.54, 1.807) is 6.92 Å². The van der Waals surface area contributed by atoms with Crippen molar-refractivity contribution < 1.29 is 19.6 Å². The molecule has 1 aliphatic heterocycles. The van der Waals surface area contributed by atoms with E-state index >= 15 is 0 Å². The van der Waals surface area contributed by atoms with E-state index in [2.05, 4.69) is 16.2 Å². The molecule has 1 aromatic rings. The van der Waals surface area contributed by atoms with Gasteiger partial charge in [-0.15, -0.1) is 0 Å². The van der Waals surface area contributed by atoms with Gasteiger partial charge < -0.3 is 10.4 Å². The van der Waals surface area contributed by atoms with Crippen LogP contribution in [-0.4, -0.2) is 46.1 Å². The molecule has 0 saturated carbocycles. The van der Waals surface area contributed by atoms with E-state index in [0.29, 0.717) is 6.42 Å². The lowest BCUT2D eigenvalue weighted by molar-refractivity contribution is -0.523. The number of carboxylic acids is 1. The van der Waals surface area contributed by atoms with Gasteiger partial charge in [-0.2, -0.15) is 0 Å².